The molecular formula is C18H27ClN2O3. The van der Waals surface area contributed by atoms with Crippen LogP contribution in [0.5, 0.6) is 5.75 Å². The summed E-state index contributed by atoms with van der Waals surface area (Å²) in [6.45, 7) is 7.78. The lowest BCUT2D eigenvalue weighted by atomic mass is 9.87. The molecule has 1 aromatic carbocycles. The third kappa shape index (κ3) is 8.20. The van der Waals surface area contributed by atoms with Gasteiger partial charge in [-0.15, -0.1) is 11.6 Å². The lowest BCUT2D eigenvalue weighted by molar-refractivity contribution is -0.122. The van der Waals surface area contributed by atoms with Crippen molar-refractivity contribution in [3.8, 4) is 5.75 Å². The van der Waals surface area contributed by atoms with Crippen molar-refractivity contribution in [1.29, 1.82) is 0 Å². The topological polar surface area (TPSA) is 67.4 Å². The van der Waals surface area contributed by atoms with Crippen LogP contribution < -0.4 is 15.4 Å². The molecule has 2 amide bonds. The second-order valence-corrected chi connectivity index (χ2v) is 6.83. The molecule has 0 saturated carbocycles. The molecule has 24 heavy (non-hydrogen) atoms. The number of carbonyl (C=O) groups is 2. The highest BCUT2D eigenvalue weighted by Crippen LogP contribution is 2.24. The molecule has 0 radical (unpaired) electrons. The lowest BCUT2D eigenvalue weighted by Gasteiger charge is -2.19. The van der Waals surface area contributed by atoms with Crippen molar-refractivity contribution < 1.29 is 14.3 Å². The van der Waals surface area contributed by atoms with Crippen molar-refractivity contribution in [3.05, 3.63) is 29.8 Å². The van der Waals surface area contributed by atoms with E-state index in [0.717, 1.165) is 5.75 Å². The van der Waals surface area contributed by atoms with Gasteiger partial charge in [0.25, 0.3) is 0 Å². The molecule has 0 aliphatic carbocycles. The Morgan fingerprint density at radius 1 is 1.04 bits per heavy atom. The Hall–Kier alpha value is -1.75. The van der Waals surface area contributed by atoms with Crippen LogP contribution in [-0.2, 0) is 15.0 Å². The first-order valence-electron chi connectivity index (χ1n) is 8.15. The number of amides is 2. The summed E-state index contributed by atoms with van der Waals surface area (Å²) in [6, 6.07) is 8.05. The fourth-order valence-corrected chi connectivity index (χ4v) is 2.11. The van der Waals surface area contributed by atoms with Crippen molar-refractivity contribution in [1.82, 2.24) is 10.6 Å². The van der Waals surface area contributed by atoms with Gasteiger partial charge in [-0.1, -0.05) is 32.9 Å². The molecule has 5 nitrogen and oxygen atoms in total. The van der Waals surface area contributed by atoms with E-state index in [9.17, 15) is 9.59 Å². The zero-order chi connectivity index (χ0) is 18.0. The molecule has 2 N–H and O–H groups in total. The predicted molar refractivity (Wildman–Crippen MR) is 96.6 cm³/mol. The summed E-state index contributed by atoms with van der Waals surface area (Å²) in [5.74, 6) is 0.452. The Kier molecular flexibility index (Phi) is 8.61. The van der Waals surface area contributed by atoms with Crippen LogP contribution in [-0.4, -0.2) is 37.4 Å². The summed E-state index contributed by atoms with van der Waals surface area (Å²) >= 11 is 5.35. The monoisotopic (exact) mass is 354 g/mol. The number of hydrogen-bond acceptors (Lipinski definition) is 3. The average Bonchev–Trinajstić information content (AvgIpc) is 2.55. The van der Waals surface area contributed by atoms with E-state index in [2.05, 4.69) is 43.5 Å². The van der Waals surface area contributed by atoms with Crippen LogP contribution in [0.25, 0.3) is 0 Å². The van der Waals surface area contributed by atoms with E-state index in [1.807, 2.05) is 12.1 Å². The zero-order valence-electron chi connectivity index (χ0n) is 14.7. The van der Waals surface area contributed by atoms with Crippen LogP contribution >= 0.6 is 11.6 Å². The van der Waals surface area contributed by atoms with Crippen LogP contribution in [0, 0.1) is 0 Å². The average molecular weight is 355 g/mol. The van der Waals surface area contributed by atoms with Gasteiger partial charge in [0, 0.05) is 19.5 Å². The maximum absolute atomic E-state index is 11.6. The lowest BCUT2D eigenvalue weighted by Crippen LogP contribution is -2.35. The zero-order valence-corrected chi connectivity index (χ0v) is 15.4. The highest BCUT2D eigenvalue weighted by molar-refractivity contribution is 6.27. The molecule has 0 unspecified atom stereocenters. The van der Waals surface area contributed by atoms with E-state index in [1.54, 1.807) is 0 Å². The van der Waals surface area contributed by atoms with Gasteiger partial charge in [0.1, 0.15) is 11.6 Å². The summed E-state index contributed by atoms with van der Waals surface area (Å²) in [5.41, 5.74) is 1.38. The minimum absolute atomic E-state index is 0.0539. The van der Waals surface area contributed by atoms with Crippen LogP contribution in [0.2, 0.25) is 0 Å². The number of nitrogens with one attached hydrogen (secondary N) is 2. The highest BCUT2D eigenvalue weighted by atomic mass is 35.5. The van der Waals surface area contributed by atoms with Gasteiger partial charge < -0.3 is 15.4 Å². The van der Waals surface area contributed by atoms with Crippen molar-refractivity contribution in [3.63, 3.8) is 0 Å². The van der Waals surface area contributed by atoms with Gasteiger partial charge in [0.15, 0.2) is 0 Å². The van der Waals surface area contributed by atoms with Crippen molar-refractivity contribution in [2.75, 3.05) is 25.6 Å². The van der Waals surface area contributed by atoms with E-state index in [-0.39, 0.29) is 23.1 Å². The maximum Gasteiger partial charge on any atom is 0.234 e. The van der Waals surface area contributed by atoms with Crippen LogP contribution in [0.1, 0.15) is 39.2 Å². The van der Waals surface area contributed by atoms with Crippen molar-refractivity contribution in [2.24, 2.45) is 0 Å². The maximum atomic E-state index is 11.6. The third-order valence-electron chi connectivity index (χ3n) is 3.43. The Morgan fingerprint density at radius 2 is 1.62 bits per heavy atom. The van der Waals surface area contributed by atoms with Gasteiger partial charge >= 0.3 is 0 Å². The molecule has 1 rings (SSSR count). The summed E-state index contributed by atoms with van der Waals surface area (Å²) in [6.07, 6.45) is 1.03. The Bertz CT molecular complexity index is 524. The Balaban J connectivity index is 2.15. The number of carbonyl (C=O) groups excluding carboxylic acids is 2. The summed E-state index contributed by atoms with van der Waals surface area (Å²) in [7, 11) is 0. The molecule has 0 bridgehead atoms. The first-order valence-corrected chi connectivity index (χ1v) is 8.69. The van der Waals surface area contributed by atoms with E-state index >= 15 is 0 Å². The first-order chi connectivity index (χ1) is 11.3. The molecule has 0 fully saturated rings. The largest absolute Gasteiger partial charge is 0.494 e. The van der Waals surface area contributed by atoms with E-state index in [0.29, 0.717) is 32.5 Å². The first kappa shape index (κ1) is 20.3. The minimum atomic E-state index is -0.239. The second kappa shape index (κ2) is 10.2. The summed E-state index contributed by atoms with van der Waals surface area (Å²) in [5, 5.41) is 5.31. The fraction of sp³-hybridized carbons (Fsp3) is 0.556. The molecule has 0 aliphatic heterocycles. The number of hydrogen-bond donors (Lipinski definition) is 2. The van der Waals surface area contributed by atoms with Crippen LogP contribution in [0.4, 0.5) is 0 Å². The second-order valence-electron chi connectivity index (χ2n) is 6.56. The number of rotatable bonds is 9. The van der Waals surface area contributed by atoms with Crippen LogP contribution in [0.15, 0.2) is 24.3 Å². The Morgan fingerprint density at radius 3 is 2.17 bits per heavy atom. The molecule has 134 valence electrons. The smallest absolute Gasteiger partial charge is 0.234 e. The van der Waals surface area contributed by atoms with Gasteiger partial charge in [-0.2, -0.15) is 0 Å². The molecule has 0 aliphatic rings. The van der Waals surface area contributed by atoms with Gasteiger partial charge in [-0.05, 0) is 29.5 Å². The highest BCUT2D eigenvalue weighted by Gasteiger charge is 2.12. The van der Waals surface area contributed by atoms with Crippen molar-refractivity contribution in [2.45, 2.75) is 39.0 Å². The molecule has 0 atom stereocenters. The number of benzene rings is 1. The third-order valence-corrected chi connectivity index (χ3v) is 3.67. The van der Waals surface area contributed by atoms with Crippen LogP contribution in [0.3, 0.4) is 0 Å². The molecular weight excluding hydrogens is 328 g/mol. The van der Waals surface area contributed by atoms with Gasteiger partial charge in [-0.3, -0.25) is 9.59 Å². The summed E-state index contributed by atoms with van der Waals surface area (Å²) < 4.78 is 5.64. The molecule has 0 saturated heterocycles. The number of ether oxygens (including phenoxy) is 1. The van der Waals surface area contributed by atoms with Gasteiger partial charge in [0.2, 0.25) is 11.8 Å². The van der Waals surface area contributed by atoms with Gasteiger partial charge in [0.05, 0.1) is 6.61 Å². The molecule has 0 spiro atoms. The number of halogens is 1. The number of alkyl halides is 1. The van der Waals surface area contributed by atoms with Gasteiger partial charge in [-0.25, -0.2) is 0 Å². The fourth-order valence-electron chi connectivity index (χ4n) is 2.01. The summed E-state index contributed by atoms with van der Waals surface area (Å²) in [4.78, 5) is 22.5. The van der Waals surface area contributed by atoms with E-state index < -0.39 is 0 Å². The molecule has 0 aromatic heterocycles. The predicted octanol–water partition coefficient (Wildman–Crippen LogP) is 2.61. The van der Waals surface area contributed by atoms with E-state index in [4.69, 9.17) is 16.3 Å². The SMILES string of the molecule is CC(C)(C)c1ccc(OCCCC(=O)NCCNC(=O)CCl)cc1. The molecule has 0 heterocycles. The Labute approximate surface area is 149 Å². The molecule has 1 aromatic rings. The molecule has 6 heteroatoms. The quantitative estimate of drug-likeness (QED) is 0.529. The normalized spacial score (nSPS) is 11.0. The standard InChI is InChI=1S/C18H27ClN2O3/c1-18(2,3)14-6-8-15(9-7-14)24-12-4-5-16(22)20-10-11-21-17(23)13-19/h6-9H,4-5,10-13H2,1-3H3,(H,20,22)(H,21,23). The van der Waals surface area contributed by atoms with E-state index in [1.165, 1.54) is 5.56 Å². The minimum Gasteiger partial charge on any atom is -0.494 e. The van der Waals surface area contributed by atoms with Crippen molar-refractivity contribution >= 4 is 23.4 Å².